The largest absolute Gasteiger partial charge is 0.235 e. The first-order chi connectivity index (χ1) is 7.93. The molecule has 0 spiro atoms. The molecule has 1 aliphatic heterocycles. The predicted octanol–water partition coefficient (Wildman–Crippen LogP) is 2.11. The van der Waals surface area contributed by atoms with E-state index < -0.39 is 0 Å². The van der Waals surface area contributed by atoms with Gasteiger partial charge in [0.1, 0.15) is 5.52 Å². The zero-order valence-electron chi connectivity index (χ0n) is 9.04. The van der Waals surface area contributed by atoms with E-state index >= 15 is 0 Å². The molecule has 1 saturated heterocycles. The second-order valence-electron chi connectivity index (χ2n) is 4.11. The van der Waals surface area contributed by atoms with Gasteiger partial charge >= 0.3 is 0 Å². The van der Waals surface area contributed by atoms with Crippen molar-refractivity contribution in [2.24, 2.45) is 0 Å². The standard InChI is InChI=1S/C11H14N4S/c1-2-7-16-9(4-1)8-15-11-10(13-14-15)5-3-6-12-11/h3,5-6,9H,1-2,4,7-8H2. The lowest BCUT2D eigenvalue weighted by Gasteiger charge is -2.20. The summed E-state index contributed by atoms with van der Waals surface area (Å²) in [6.45, 7) is 0.943. The lowest BCUT2D eigenvalue weighted by molar-refractivity contribution is 0.539. The van der Waals surface area contributed by atoms with Crippen molar-refractivity contribution in [3.8, 4) is 0 Å². The summed E-state index contributed by atoms with van der Waals surface area (Å²) in [5.41, 5.74) is 1.80. The summed E-state index contributed by atoms with van der Waals surface area (Å²) >= 11 is 2.05. The molecular formula is C11H14N4S. The molecular weight excluding hydrogens is 220 g/mol. The summed E-state index contributed by atoms with van der Waals surface area (Å²) in [6.07, 6.45) is 5.80. The number of aromatic nitrogens is 4. The topological polar surface area (TPSA) is 43.6 Å². The van der Waals surface area contributed by atoms with Gasteiger partial charge in [-0.2, -0.15) is 11.8 Å². The van der Waals surface area contributed by atoms with Crippen LogP contribution in [0.15, 0.2) is 18.3 Å². The molecule has 3 rings (SSSR count). The van der Waals surface area contributed by atoms with Crippen molar-refractivity contribution in [1.82, 2.24) is 20.0 Å². The van der Waals surface area contributed by atoms with E-state index in [1.54, 1.807) is 6.20 Å². The van der Waals surface area contributed by atoms with Crippen molar-refractivity contribution in [1.29, 1.82) is 0 Å². The lowest BCUT2D eigenvalue weighted by atomic mass is 10.2. The van der Waals surface area contributed by atoms with E-state index in [4.69, 9.17) is 0 Å². The van der Waals surface area contributed by atoms with E-state index in [1.165, 1.54) is 25.0 Å². The van der Waals surface area contributed by atoms with Crippen molar-refractivity contribution in [2.45, 2.75) is 31.1 Å². The first-order valence-corrected chi connectivity index (χ1v) is 6.74. The van der Waals surface area contributed by atoms with Gasteiger partial charge in [-0.15, -0.1) is 5.10 Å². The van der Waals surface area contributed by atoms with Crippen LogP contribution in [-0.4, -0.2) is 31.0 Å². The molecule has 2 aromatic rings. The van der Waals surface area contributed by atoms with Gasteiger partial charge in [-0.1, -0.05) is 11.6 Å². The summed E-state index contributed by atoms with van der Waals surface area (Å²) in [4.78, 5) is 4.34. The van der Waals surface area contributed by atoms with Crippen molar-refractivity contribution in [3.63, 3.8) is 0 Å². The minimum atomic E-state index is 0.681. The Bertz CT molecular complexity index is 476. The van der Waals surface area contributed by atoms with E-state index in [-0.39, 0.29) is 0 Å². The summed E-state index contributed by atoms with van der Waals surface area (Å²) in [6, 6.07) is 3.86. The Balaban J connectivity index is 1.83. The number of pyridine rings is 1. The van der Waals surface area contributed by atoms with E-state index in [9.17, 15) is 0 Å². The highest BCUT2D eigenvalue weighted by molar-refractivity contribution is 7.99. The molecule has 16 heavy (non-hydrogen) atoms. The summed E-state index contributed by atoms with van der Waals surface area (Å²) < 4.78 is 1.94. The molecule has 1 atom stereocenters. The van der Waals surface area contributed by atoms with Gasteiger partial charge in [-0.25, -0.2) is 9.67 Å². The van der Waals surface area contributed by atoms with Crippen LogP contribution in [0, 0.1) is 0 Å². The summed E-state index contributed by atoms with van der Waals surface area (Å²) in [5, 5.41) is 8.99. The first kappa shape index (κ1) is 10.1. The minimum Gasteiger partial charge on any atom is -0.235 e. The molecule has 84 valence electrons. The fourth-order valence-electron chi connectivity index (χ4n) is 2.08. The predicted molar refractivity (Wildman–Crippen MR) is 65.4 cm³/mol. The Morgan fingerprint density at radius 1 is 1.44 bits per heavy atom. The maximum atomic E-state index is 4.34. The number of thioether (sulfide) groups is 1. The van der Waals surface area contributed by atoms with E-state index in [0.717, 1.165) is 17.7 Å². The molecule has 0 aromatic carbocycles. The van der Waals surface area contributed by atoms with Gasteiger partial charge in [0.15, 0.2) is 5.65 Å². The number of hydrogen-bond acceptors (Lipinski definition) is 4. The highest BCUT2D eigenvalue weighted by Crippen LogP contribution is 2.26. The molecule has 0 saturated carbocycles. The van der Waals surface area contributed by atoms with Crippen molar-refractivity contribution in [3.05, 3.63) is 18.3 Å². The third-order valence-corrected chi connectivity index (χ3v) is 4.30. The molecule has 1 fully saturated rings. The maximum Gasteiger partial charge on any atom is 0.178 e. The molecule has 4 nitrogen and oxygen atoms in total. The quantitative estimate of drug-likeness (QED) is 0.798. The SMILES string of the molecule is c1cnc2c(c1)nnn2CC1CCCCS1. The molecule has 0 amide bonds. The maximum absolute atomic E-state index is 4.34. The summed E-state index contributed by atoms with van der Waals surface area (Å²) in [7, 11) is 0. The molecule has 1 unspecified atom stereocenters. The van der Waals surface area contributed by atoms with Crippen LogP contribution in [0.1, 0.15) is 19.3 Å². The number of rotatable bonds is 2. The Morgan fingerprint density at radius 2 is 2.44 bits per heavy atom. The van der Waals surface area contributed by atoms with Crippen LogP contribution in [0.5, 0.6) is 0 Å². The van der Waals surface area contributed by atoms with Crippen LogP contribution in [0.3, 0.4) is 0 Å². The smallest absolute Gasteiger partial charge is 0.178 e. The fraction of sp³-hybridized carbons (Fsp3) is 0.545. The zero-order chi connectivity index (χ0) is 10.8. The Kier molecular flexibility index (Phi) is 2.78. The van der Waals surface area contributed by atoms with Gasteiger partial charge in [-0.3, -0.25) is 0 Å². The molecule has 1 aliphatic rings. The summed E-state index contributed by atoms with van der Waals surface area (Å²) in [5.74, 6) is 1.28. The van der Waals surface area contributed by atoms with Gasteiger partial charge < -0.3 is 0 Å². The highest BCUT2D eigenvalue weighted by atomic mass is 32.2. The Morgan fingerprint density at radius 3 is 3.31 bits per heavy atom. The van der Waals surface area contributed by atoms with Crippen molar-refractivity contribution in [2.75, 3.05) is 5.75 Å². The lowest BCUT2D eigenvalue weighted by Crippen LogP contribution is -2.18. The third kappa shape index (κ3) is 1.91. The third-order valence-electron chi connectivity index (χ3n) is 2.92. The van der Waals surface area contributed by atoms with E-state index in [0.29, 0.717) is 5.25 Å². The van der Waals surface area contributed by atoms with E-state index in [2.05, 4.69) is 27.1 Å². The normalized spacial score (nSPS) is 21.4. The van der Waals surface area contributed by atoms with Crippen molar-refractivity contribution < 1.29 is 0 Å². The minimum absolute atomic E-state index is 0.681. The number of fused-ring (bicyclic) bond motifs is 1. The van der Waals surface area contributed by atoms with E-state index in [1.807, 2.05) is 16.8 Å². The van der Waals surface area contributed by atoms with Crippen LogP contribution < -0.4 is 0 Å². The van der Waals surface area contributed by atoms with Crippen LogP contribution in [0.2, 0.25) is 0 Å². The molecule has 5 heteroatoms. The van der Waals surface area contributed by atoms with Gasteiger partial charge in [0, 0.05) is 11.4 Å². The van der Waals surface area contributed by atoms with Crippen LogP contribution >= 0.6 is 11.8 Å². The molecule has 2 aromatic heterocycles. The first-order valence-electron chi connectivity index (χ1n) is 5.69. The molecule has 3 heterocycles. The Hall–Kier alpha value is -1.10. The molecule has 0 aliphatic carbocycles. The number of nitrogens with zero attached hydrogens (tertiary/aromatic N) is 4. The fourth-order valence-corrected chi connectivity index (χ4v) is 3.36. The average Bonchev–Trinajstić information content (AvgIpc) is 2.74. The molecule has 0 radical (unpaired) electrons. The van der Waals surface area contributed by atoms with Crippen molar-refractivity contribution >= 4 is 22.9 Å². The van der Waals surface area contributed by atoms with Gasteiger partial charge in [0.2, 0.25) is 0 Å². The van der Waals surface area contributed by atoms with Crippen LogP contribution in [-0.2, 0) is 6.54 Å². The average molecular weight is 234 g/mol. The Labute approximate surface area is 98.4 Å². The monoisotopic (exact) mass is 234 g/mol. The second kappa shape index (κ2) is 4.41. The highest BCUT2D eigenvalue weighted by Gasteiger charge is 2.16. The zero-order valence-corrected chi connectivity index (χ0v) is 9.86. The second-order valence-corrected chi connectivity index (χ2v) is 5.51. The van der Waals surface area contributed by atoms with Gasteiger partial charge in [0.05, 0.1) is 6.54 Å². The molecule has 0 N–H and O–H groups in total. The molecule has 0 bridgehead atoms. The number of hydrogen-bond donors (Lipinski definition) is 0. The van der Waals surface area contributed by atoms with Crippen LogP contribution in [0.4, 0.5) is 0 Å². The van der Waals surface area contributed by atoms with Gasteiger partial charge in [0.25, 0.3) is 0 Å². The van der Waals surface area contributed by atoms with Gasteiger partial charge in [-0.05, 0) is 30.7 Å². The van der Waals surface area contributed by atoms with Crippen LogP contribution in [0.25, 0.3) is 11.2 Å².